The minimum absolute atomic E-state index is 0.450. The molecule has 3 N–H and O–H groups in total. The van der Waals surface area contributed by atoms with Crippen LogP contribution in [-0.2, 0) is 6.54 Å². The average Bonchev–Trinajstić information content (AvgIpc) is 2.84. The molecule has 5 nitrogen and oxygen atoms in total. The number of hydrogen-bond donors (Lipinski definition) is 3. The maximum absolute atomic E-state index is 9.07. The third-order valence-corrected chi connectivity index (χ3v) is 3.45. The topological polar surface area (TPSA) is 73.0 Å². The molecule has 2 aromatic heterocycles. The number of nitrogens with zero attached hydrogens (tertiary/aromatic N) is 2. The van der Waals surface area contributed by atoms with E-state index in [4.69, 9.17) is 21.6 Å². The zero-order valence-corrected chi connectivity index (χ0v) is 11.2. The smallest absolute Gasteiger partial charge is 0.423 e. The van der Waals surface area contributed by atoms with Gasteiger partial charge in [-0.25, -0.2) is 14.5 Å². The average molecular weight is 289 g/mol. The zero-order valence-electron chi connectivity index (χ0n) is 10.5. The van der Waals surface area contributed by atoms with Gasteiger partial charge in [0.05, 0.1) is 0 Å². The van der Waals surface area contributed by atoms with E-state index in [1.54, 1.807) is 18.3 Å². The standard InChI is InChI=1S/C13H11BClN3O2/c15-13-12-11(5-6-16-13)17-8-18(12)7-9-1-3-10(4-2-9)14(19)20/h1-6,8,19-20H,7H2/p+1. The summed E-state index contributed by atoms with van der Waals surface area (Å²) in [5, 5.41) is 18.6. The van der Waals surface area contributed by atoms with E-state index in [0.717, 1.165) is 16.6 Å². The molecule has 0 aliphatic rings. The van der Waals surface area contributed by atoms with Crippen LogP contribution in [0.4, 0.5) is 0 Å². The number of H-pyrrole nitrogens is 1. The van der Waals surface area contributed by atoms with Gasteiger partial charge in [-0.3, -0.25) is 0 Å². The molecule has 2 heterocycles. The molecule has 0 spiro atoms. The highest BCUT2D eigenvalue weighted by Crippen LogP contribution is 2.15. The molecule has 0 radical (unpaired) electrons. The molecule has 0 saturated carbocycles. The number of fused-ring (bicyclic) bond motifs is 1. The Morgan fingerprint density at radius 1 is 1.20 bits per heavy atom. The van der Waals surface area contributed by atoms with Crippen molar-refractivity contribution in [3.63, 3.8) is 0 Å². The summed E-state index contributed by atoms with van der Waals surface area (Å²) in [4.78, 5) is 7.21. The molecule has 0 saturated heterocycles. The second-order valence-electron chi connectivity index (χ2n) is 4.51. The van der Waals surface area contributed by atoms with E-state index in [2.05, 4.69) is 9.97 Å². The molecule has 0 aliphatic carbocycles. The van der Waals surface area contributed by atoms with Gasteiger partial charge in [0.15, 0.2) is 10.7 Å². The summed E-state index contributed by atoms with van der Waals surface area (Å²) in [6.45, 7) is 0.618. The minimum Gasteiger partial charge on any atom is -0.423 e. The highest BCUT2D eigenvalue weighted by Gasteiger charge is 2.15. The maximum atomic E-state index is 9.07. The molecule has 0 amide bonds. The Bertz CT molecular complexity index is 743. The third-order valence-electron chi connectivity index (χ3n) is 3.17. The number of halogens is 1. The predicted molar refractivity (Wildman–Crippen MR) is 76.7 cm³/mol. The van der Waals surface area contributed by atoms with Crippen molar-refractivity contribution in [3.8, 4) is 0 Å². The van der Waals surface area contributed by atoms with Gasteiger partial charge in [-0.05, 0) is 11.0 Å². The first-order valence-corrected chi connectivity index (χ1v) is 6.49. The van der Waals surface area contributed by atoms with Crippen LogP contribution in [0.15, 0.2) is 42.9 Å². The molecule has 0 unspecified atom stereocenters. The Balaban J connectivity index is 1.93. The summed E-state index contributed by atoms with van der Waals surface area (Å²) in [7, 11) is -1.44. The largest absolute Gasteiger partial charge is 0.488 e. The van der Waals surface area contributed by atoms with Gasteiger partial charge in [-0.15, -0.1) is 0 Å². The number of rotatable bonds is 3. The van der Waals surface area contributed by atoms with Gasteiger partial charge in [0.1, 0.15) is 6.54 Å². The Labute approximate surface area is 120 Å². The molecule has 0 atom stereocenters. The number of nitrogens with one attached hydrogen (secondary N) is 1. The van der Waals surface area contributed by atoms with Gasteiger partial charge >= 0.3 is 7.12 Å². The molecule has 7 heteroatoms. The summed E-state index contributed by atoms with van der Waals surface area (Å²) in [6, 6.07) is 8.95. The molecule has 0 fully saturated rings. The van der Waals surface area contributed by atoms with Crippen LogP contribution >= 0.6 is 11.6 Å². The molecule has 20 heavy (non-hydrogen) atoms. The van der Waals surface area contributed by atoms with Crippen molar-refractivity contribution in [2.45, 2.75) is 6.54 Å². The summed E-state index contributed by atoms with van der Waals surface area (Å²) in [6.07, 6.45) is 3.50. The lowest BCUT2D eigenvalue weighted by atomic mass is 9.80. The van der Waals surface area contributed by atoms with E-state index in [0.29, 0.717) is 17.2 Å². The Morgan fingerprint density at radius 2 is 1.95 bits per heavy atom. The van der Waals surface area contributed by atoms with Crippen LogP contribution in [0.2, 0.25) is 5.15 Å². The molecule has 100 valence electrons. The van der Waals surface area contributed by atoms with Crippen molar-refractivity contribution in [1.29, 1.82) is 0 Å². The first-order chi connectivity index (χ1) is 9.65. The quantitative estimate of drug-likeness (QED) is 0.367. The fraction of sp³-hybridized carbons (Fsp3) is 0.0769. The van der Waals surface area contributed by atoms with Crippen molar-refractivity contribution in [2.75, 3.05) is 0 Å². The van der Waals surface area contributed by atoms with E-state index >= 15 is 0 Å². The van der Waals surface area contributed by atoms with Gasteiger partial charge in [0.25, 0.3) is 0 Å². The van der Waals surface area contributed by atoms with E-state index in [9.17, 15) is 0 Å². The lowest BCUT2D eigenvalue weighted by Crippen LogP contribution is -2.33. The Kier molecular flexibility index (Phi) is 3.44. The fourth-order valence-electron chi connectivity index (χ4n) is 2.15. The number of aromatic amines is 1. The second-order valence-corrected chi connectivity index (χ2v) is 4.87. The Hall–Kier alpha value is -1.89. The minimum atomic E-state index is -1.44. The zero-order chi connectivity index (χ0) is 14.1. The van der Waals surface area contributed by atoms with Crippen molar-refractivity contribution >= 4 is 35.2 Å². The fourth-order valence-corrected chi connectivity index (χ4v) is 2.41. The van der Waals surface area contributed by atoms with E-state index < -0.39 is 7.12 Å². The highest BCUT2D eigenvalue weighted by atomic mass is 35.5. The van der Waals surface area contributed by atoms with E-state index in [-0.39, 0.29) is 0 Å². The van der Waals surface area contributed by atoms with Crippen LogP contribution in [0, 0.1) is 0 Å². The summed E-state index contributed by atoms with van der Waals surface area (Å²) < 4.78 is 1.97. The second kappa shape index (κ2) is 5.24. The van der Waals surface area contributed by atoms with Crippen LogP contribution in [0.3, 0.4) is 0 Å². The number of pyridine rings is 1. The monoisotopic (exact) mass is 288 g/mol. The molecule has 0 aliphatic heterocycles. The van der Waals surface area contributed by atoms with Gasteiger partial charge in [0.2, 0.25) is 11.8 Å². The van der Waals surface area contributed by atoms with Gasteiger partial charge in [-0.1, -0.05) is 35.9 Å². The summed E-state index contributed by atoms with van der Waals surface area (Å²) >= 11 is 6.12. The first kappa shape index (κ1) is 13.1. The lowest BCUT2D eigenvalue weighted by molar-refractivity contribution is -0.662. The van der Waals surface area contributed by atoms with Crippen molar-refractivity contribution in [3.05, 3.63) is 53.6 Å². The van der Waals surface area contributed by atoms with Crippen LogP contribution in [0.25, 0.3) is 11.0 Å². The van der Waals surface area contributed by atoms with Gasteiger partial charge in [-0.2, -0.15) is 0 Å². The highest BCUT2D eigenvalue weighted by molar-refractivity contribution is 6.58. The third kappa shape index (κ3) is 2.41. The number of hydrogen-bond acceptors (Lipinski definition) is 3. The van der Waals surface area contributed by atoms with Crippen LogP contribution in [0.1, 0.15) is 5.56 Å². The van der Waals surface area contributed by atoms with Crippen molar-refractivity contribution < 1.29 is 14.6 Å². The summed E-state index contributed by atoms with van der Waals surface area (Å²) in [5.74, 6) is 0. The normalized spacial score (nSPS) is 10.9. The van der Waals surface area contributed by atoms with E-state index in [1.807, 2.05) is 29.1 Å². The number of imidazole rings is 1. The molecule has 3 rings (SSSR count). The Morgan fingerprint density at radius 3 is 2.65 bits per heavy atom. The molecular formula is C13H12BClN3O2+. The molecule has 1 aromatic carbocycles. The predicted octanol–water partition coefficient (Wildman–Crippen LogP) is 0.232. The van der Waals surface area contributed by atoms with Gasteiger partial charge < -0.3 is 10.0 Å². The number of aromatic nitrogens is 3. The molecular weight excluding hydrogens is 276 g/mol. The molecule has 3 aromatic rings. The summed E-state index contributed by atoms with van der Waals surface area (Å²) in [5.41, 5.74) is 3.27. The van der Waals surface area contributed by atoms with Gasteiger partial charge in [0, 0.05) is 12.3 Å². The number of benzene rings is 1. The first-order valence-electron chi connectivity index (χ1n) is 6.11. The SMILES string of the molecule is OB(O)c1ccc(C[n+]2c[nH]c3ccnc(Cl)c32)cc1. The van der Waals surface area contributed by atoms with Crippen LogP contribution in [-0.4, -0.2) is 27.1 Å². The maximum Gasteiger partial charge on any atom is 0.488 e. The van der Waals surface area contributed by atoms with Crippen LogP contribution < -0.4 is 10.0 Å². The van der Waals surface area contributed by atoms with Crippen molar-refractivity contribution in [2.24, 2.45) is 0 Å². The lowest BCUT2D eigenvalue weighted by Gasteiger charge is -2.02. The van der Waals surface area contributed by atoms with Crippen LogP contribution in [0.5, 0.6) is 0 Å². The van der Waals surface area contributed by atoms with E-state index in [1.165, 1.54) is 0 Å². The molecule has 0 bridgehead atoms. The van der Waals surface area contributed by atoms with Crippen molar-refractivity contribution in [1.82, 2.24) is 9.97 Å².